The number of sulfonamides is 1. The molecule has 0 fully saturated rings. The zero-order valence-corrected chi connectivity index (χ0v) is 17.1. The molecule has 0 atom stereocenters. The van der Waals surface area contributed by atoms with Crippen molar-refractivity contribution in [1.82, 2.24) is 14.5 Å². The molecule has 6 nitrogen and oxygen atoms in total. The Hall–Kier alpha value is -1.71. The molecule has 0 unspecified atom stereocenters. The Kier molecular flexibility index (Phi) is 6.33. The number of benzene rings is 1. The van der Waals surface area contributed by atoms with Gasteiger partial charge in [-0.1, -0.05) is 35.3 Å². The number of aromatic nitrogens is 2. The first-order valence-electron chi connectivity index (χ1n) is 7.94. The highest BCUT2D eigenvalue weighted by atomic mass is 35.5. The van der Waals surface area contributed by atoms with E-state index in [1.54, 1.807) is 6.07 Å². The first-order chi connectivity index (χ1) is 12.9. The normalized spacial score (nSPS) is 11.6. The van der Waals surface area contributed by atoms with E-state index >= 15 is 0 Å². The second-order valence-electron chi connectivity index (χ2n) is 5.56. The average molecular weight is 444 g/mol. The van der Waals surface area contributed by atoms with Crippen molar-refractivity contribution in [3.05, 3.63) is 68.2 Å². The first kappa shape index (κ1) is 20.0. The second-order valence-corrected chi connectivity index (χ2v) is 9.03. The van der Waals surface area contributed by atoms with Gasteiger partial charge in [0.1, 0.15) is 10.6 Å². The van der Waals surface area contributed by atoms with Gasteiger partial charge in [0, 0.05) is 19.2 Å². The van der Waals surface area contributed by atoms with Crippen molar-refractivity contribution in [3.8, 4) is 10.6 Å². The molecule has 0 saturated carbocycles. The van der Waals surface area contributed by atoms with E-state index in [9.17, 15) is 13.2 Å². The second kappa shape index (κ2) is 8.53. The Balaban J connectivity index is 1.64. The first-order valence-corrected chi connectivity index (χ1v) is 11.1. The van der Waals surface area contributed by atoms with E-state index in [2.05, 4.69) is 9.82 Å². The summed E-state index contributed by atoms with van der Waals surface area (Å²) >= 11 is 13.4. The number of hydrogen-bond donors (Lipinski definition) is 1. The van der Waals surface area contributed by atoms with Crippen LogP contribution in [0.25, 0.3) is 10.6 Å². The molecular formula is C17H15Cl2N3O3S2. The van der Waals surface area contributed by atoms with Crippen LogP contribution in [-0.2, 0) is 16.6 Å². The van der Waals surface area contributed by atoms with Crippen molar-refractivity contribution in [1.29, 1.82) is 0 Å². The lowest BCUT2D eigenvalue weighted by atomic mass is 10.3. The van der Waals surface area contributed by atoms with Crippen LogP contribution in [0.4, 0.5) is 0 Å². The third-order valence-corrected chi connectivity index (χ3v) is 7.01. The van der Waals surface area contributed by atoms with Crippen molar-refractivity contribution in [2.24, 2.45) is 0 Å². The lowest BCUT2D eigenvalue weighted by Gasteiger charge is -2.10. The molecule has 0 aliphatic heterocycles. The van der Waals surface area contributed by atoms with E-state index in [0.29, 0.717) is 12.1 Å². The van der Waals surface area contributed by atoms with E-state index < -0.39 is 10.0 Å². The van der Waals surface area contributed by atoms with Gasteiger partial charge >= 0.3 is 0 Å². The maximum absolute atomic E-state index is 12.4. The summed E-state index contributed by atoms with van der Waals surface area (Å²) in [7, 11) is -3.79. The molecule has 27 heavy (non-hydrogen) atoms. The third kappa shape index (κ3) is 4.77. The standard InChI is InChI=1S/C17H15Cl2N3O3S2/c18-12-4-1-6-15(17(12)19)27(24,25)20-9-3-10-22-16(23)8-7-13(21-22)14-5-2-11-26-14/h1-2,4-8,11,20H,3,9-10H2. The molecule has 0 saturated heterocycles. The quantitative estimate of drug-likeness (QED) is 0.565. The lowest BCUT2D eigenvalue weighted by Crippen LogP contribution is -2.28. The van der Waals surface area contributed by atoms with Crippen LogP contribution in [0, 0.1) is 0 Å². The van der Waals surface area contributed by atoms with E-state index in [-0.39, 0.29) is 33.6 Å². The van der Waals surface area contributed by atoms with Crippen LogP contribution in [0.5, 0.6) is 0 Å². The molecule has 1 aromatic carbocycles. The van der Waals surface area contributed by atoms with E-state index in [1.807, 2.05) is 17.5 Å². The summed E-state index contributed by atoms with van der Waals surface area (Å²) in [6.07, 6.45) is 0.387. The molecule has 0 aliphatic carbocycles. The summed E-state index contributed by atoms with van der Waals surface area (Å²) in [6, 6.07) is 11.4. The van der Waals surface area contributed by atoms with Crippen molar-refractivity contribution in [2.45, 2.75) is 17.9 Å². The summed E-state index contributed by atoms with van der Waals surface area (Å²) in [4.78, 5) is 12.9. The minimum atomic E-state index is -3.79. The van der Waals surface area contributed by atoms with Crippen molar-refractivity contribution in [2.75, 3.05) is 6.54 Å². The molecule has 1 N–H and O–H groups in total. The van der Waals surface area contributed by atoms with Crippen LogP contribution in [-0.4, -0.2) is 24.7 Å². The topological polar surface area (TPSA) is 81.1 Å². The fraction of sp³-hybridized carbons (Fsp3) is 0.176. The minimum Gasteiger partial charge on any atom is -0.268 e. The van der Waals surface area contributed by atoms with Gasteiger partial charge in [-0.3, -0.25) is 4.79 Å². The highest BCUT2D eigenvalue weighted by Gasteiger charge is 2.18. The van der Waals surface area contributed by atoms with Crippen LogP contribution in [0.1, 0.15) is 6.42 Å². The van der Waals surface area contributed by atoms with Gasteiger partial charge in [-0.05, 0) is 36.1 Å². The van der Waals surface area contributed by atoms with E-state index in [1.165, 1.54) is 40.3 Å². The molecule has 3 rings (SSSR count). The van der Waals surface area contributed by atoms with E-state index in [4.69, 9.17) is 23.2 Å². The van der Waals surface area contributed by atoms with Crippen LogP contribution >= 0.6 is 34.5 Å². The molecule has 10 heteroatoms. The van der Waals surface area contributed by atoms with Crippen molar-refractivity contribution >= 4 is 44.6 Å². The third-order valence-electron chi connectivity index (χ3n) is 3.68. The summed E-state index contributed by atoms with van der Waals surface area (Å²) in [6.45, 7) is 0.409. The molecule has 3 aromatic rings. The Labute approximate surface area is 170 Å². The maximum atomic E-state index is 12.4. The number of thiophene rings is 1. The minimum absolute atomic E-state index is 0.0202. The maximum Gasteiger partial charge on any atom is 0.266 e. The fourth-order valence-electron chi connectivity index (χ4n) is 2.37. The number of rotatable bonds is 7. The molecule has 0 aliphatic rings. The van der Waals surface area contributed by atoms with Gasteiger partial charge in [0.05, 0.1) is 14.9 Å². The SMILES string of the molecule is O=c1ccc(-c2cccs2)nn1CCCNS(=O)(=O)c1cccc(Cl)c1Cl. The van der Waals surface area contributed by atoms with Crippen LogP contribution < -0.4 is 10.3 Å². The molecule has 0 amide bonds. The van der Waals surface area contributed by atoms with Gasteiger partial charge < -0.3 is 0 Å². The summed E-state index contributed by atoms with van der Waals surface area (Å²) in [5, 5.41) is 6.41. The van der Waals surface area contributed by atoms with Gasteiger partial charge in [-0.25, -0.2) is 17.8 Å². The molecule has 0 bridgehead atoms. The average Bonchev–Trinajstić information content (AvgIpc) is 3.17. The largest absolute Gasteiger partial charge is 0.268 e. The van der Waals surface area contributed by atoms with Crippen molar-refractivity contribution < 1.29 is 8.42 Å². The van der Waals surface area contributed by atoms with Crippen LogP contribution in [0.2, 0.25) is 10.0 Å². The molecule has 142 valence electrons. The Morgan fingerprint density at radius 2 is 1.93 bits per heavy atom. The van der Waals surface area contributed by atoms with Gasteiger partial charge in [0.15, 0.2) is 0 Å². The van der Waals surface area contributed by atoms with Gasteiger partial charge in [0.25, 0.3) is 5.56 Å². The zero-order valence-electron chi connectivity index (χ0n) is 13.9. The summed E-state index contributed by atoms with van der Waals surface area (Å²) in [5.41, 5.74) is 0.465. The fourth-order valence-corrected chi connectivity index (χ4v) is 4.89. The van der Waals surface area contributed by atoms with Gasteiger partial charge in [0.2, 0.25) is 10.0 Å². The lowest BCUT2D eigenvalue weighted by molar-refractivity contribution is 0.537. The number of nitrogens with one attached hydrogen (secondary N) is 1. The van der Waals surface area contributed by atoms with Gasteiger partial charge in [-0.15, -0.1) is 11.3 Å². The summed E-state index contributed by atoms with van der Waals surface area (Å²) < 4.78 is 28.5. The smallest absolute Gasteiger partial charge is 0.266 e. The number of hydrogen-bond acceptors (Lipinski definition) is 5. The molecule has 2 aromatic heterocycles. The molecule has 0 radical (unpaired) electrons. The highest BCUT2D eigenvalue weighted by Crippen LogP contribution is 2.28. The summed E-state index contributed by atoms with van der Waals surface area (Å²) in [5.74, 6) is 0. The van der Waals surface area contributed by atoms with E-state index in [0.717, 1.165) is 4.88 Å². The molecular weight excluding hydrogens is 429 g/mol. The Bertz CT molecular complexity index is 1100. The Morgan fingerprint density at radius 1 is 1.11 bits per heavy atom. The molecule has 0 spiro atoms. The monoisotopic (exact) mass is 443 g/mol. The number of aryl methyl sites for hydroxylation is 1. The predicted molar refractivity (Wildman–Crippen MR) is 108 cm³/mol. The van der Waals surface area contributed by atoms with Crippen molar-refractivity contribution in [3.63, 3.8) is 0 Å². The van der Waals surface area contributed by atoms with Crippen LogP contribution in [0.15, 0.2) is 57.5 Å². The molecule has 2 heterocycles. The highest BCUT2D eigenvalue weighted by molar-refractivity contribution is 7.89. The Morgan fingerprint density at radius 3 is 2.67 bits per heavy atom. The van der Waals surface area contributed by atoms with Gasteiger partial charge in [-0.2, -0.15) is 5.10 Å². The predicted octanol–water partition coefficient (Wildman–Crippen LogP) is 3.65. The number of nitrogens with zero attached hydrogens (tertiary/aromatic N) is 2. The number of halogens is 2. The zero-order chi connectivity index (χ0) is 19.4. The van der Waals surface area contributed by atoms with Crippen LogP contribution in [0.3, 0.4) is 0 Å².